The van der Waals surface area contributed by atoms with Crippen LogP contribution in [0.5, 0.6) is 5.75 Å². The van der Waals surface area contributed by atoms with E-state index in [1.54, 1.807) is 18.5 Å². The molecule has 3 aromatic carbocycles. The van der Waals surface area contributed by atoms with Gasteiger partial charge < -0.3 is 9.57 Å². The molecule has 4 nitrogen and oxygen atoms in total. The maximum Gasteiger partial charge on any atom is 0.134 e. The van der Waals surface area contributed by atoms with E-state index in [1.165, 1.54) is 6.07 Å². The van der Waals surface area contributed by atoms with Crippen LogP contribution in [0.3, 0.4) is 0 Å². The lowest BCUT2D eigenvalue weighted by molar-refractivity contribution is 0.148. The topological polar surface area (TPSA) is 47.9 Å². The van der Waals surface area contributed by atoms with Gasteiger partial charge in [-0.1, -0.05) is 41.6 Å². The summed E-state index contributed by atoms with van der Waals surface area (Å²) in [4.78, 5) is 6.29. The molecule has 0 amide bonds. The number of hydrogen-bond acceptors (Lipinski definition) is 4. The molecule has 0 radical (unpaired) electrons. The van der Waals surface area contributed by atoms with E-state index in [9.17, 15) is 8.60 Å². The van der Waals surface area contributed by atoms with Crippen LogP contribution in [0.15, 0.2) is 88.4 Å². The Morgan fingerprint density at radius 2 is 1.77 bits per heavy atom. The van der Waals surface area contributed by atoms with Gasteiger partial charge in [-0.3, -0.25) is 4.21 Å². The molecule has 0 saturated heterocycles. The molecule has 1 aliphatic carbocycles. The number of rotatable bonds is 9. The molecule has 6 heteroatoms. The van der Waals surface area contributed by atoms with E-state index in [-0.39, 0.29) is 11.9 Å². The van der Waals surface area contributed by atoms with E-state index in [0.717, 1.165) is 44.1 Å². The van der Waals surface area contributed by atoms with E-state index in [0.29, 0.717) is 13.0 Å². The first-order valence-electron chi connectivity index (χ1n) is 11.4. The highest BCUT2D eigenvalue weighted by Crippen LogP contribution is 2.43. The lowest BCUT2D eigenvalue weighted by atomic mass is 10.0. The predicted octanol–water partition coefficient (Wildman–Crippen LogP) is 6.75. The fourth-order valence-electron chi connectivity index (χ4n) is 4.07. The quantitative estimate of drug-likeness (QED) is 0.190. The Morgan fingerprint density at radius 1 is 1.03 bits per heavy atom. The molecular formula is C29H28FNO3S. The van der Waals surface area contributed by atoms with Crippen molar-refractivity contribution in [1.82, 2.24) is 0 Å². The minimum absolute atomic E-state index is 0.231. The Kier molecular flexibility index (Phi) is 7.93. The van der Waals surface area contributed by atoms with E-state index in [2.05, 4.69) is 11.2 Å². The van der Waals surface area contributed by atoms with Crippen LogP contribution >= 0.6 is 0 Å². The van der Waals surface area contributed by atoms with Crippen molar-refractivity contribution in [3.8, 4) is 5.75 Å². The molecule has 0 spiro atoms. The lowest BCUT2D eigenvalue weighted by Gasteiger charge is -2.10. The van der Waals surface area contributed by atoms with Crippen LogP contribution < -0.4 is 4.74 Å². The summed E-state index contributed by atoms with van der Waals surface area (Å²) in [5, 5.41) is 4.05. The molecular weight excluding hydrogens is 461 g/mol. The molecule has 0 aliphatic heterocycles. The van der Waals surface area contributed by atoms with Gasteiger partial charge in [-0.25, -0.2) is 4.39 Å². The third kappa shape index (κ3) is 6.14. The SMILES string of the molecule is CC1=C(CCON=CC(C)Oc2ccccc2)c2cc(F)ccc2/C1=C\c1ccc(S(C)=O)cc1. The molecule has 4 rings (SSSR count). The fourth-order valence-corrected chi connectivity index (χ4v) is 4.59. The zero-order valence-corrected chi connectivity index (χ0v) is 20.8. The minimum atomic E-state index is -1.02. The second-order valence-electron chi connectivity index (χ2n) is 8.35. The van der Waals surface area contributed by atoms with Crippen molar-refractivity contribution in [2.45, 2.75) is 31.3 Å². The zero-order valence-electron chi connectivity index (χ0n) is 20.0. The van der Waals surface area contributed by atoms with Crippen LogP contribution in [0.1, 0.15) is 37.0 Å². The summed E-state index contributed by atoms with van der Waals surface area (Å²) in [7, 11) is -1.02. The number of hydrogen-bond donors (Lipinski definition) is 0. The molecule has 3 aromatic rings. The number of fused-ring (bicyclic) bond motifs is 1. The molecule has 35 heavy (non-hydrogen) atoms. The van der Waals surface area contributed by atoms with Crippen molar-refractivity contribution in [2.24, 2.45) is 5.16 Å². The third-order valence-electron chi connectivity index (χ3n) is 5.83. The van der Waals surface area contributed by atoms with Crippen molar-refractivity contribution in [3.63, 3.8) is 0 Å². The number of benzene rings is 3. The summed E-state index contributed by atoms with van der Waals surface area (Å²) in [6.45, 7) is 4.30. The molecule has 0 bridgehead atoms. The first kappa shape index (κ1) is 24.6. The number of ether oxygens (including phenoxy) is 1. The molecule has 1 aliphatic rings. The Balaban J connectivity index is 1.46. The first-order valence-corrected chi connectivity index (χ1v) is 13.0. The van der Waals surface area contributed by atoms with Crippen LogP contribution in [0, 0.1) is 5.82 Å². The van der Waals surface area contributed by atoms with Gasteiger partial charge in [0.1, 0.15) is 24.3 Å². The van der Waals surface area contributed by atoms with Crippen molar-refractivity contribution >= 4 is 34.2 Å². The van der Waals surface area contributed by atoms with Gasteiger partial charge in [0.25, 0.3) is 0 Å². The van der Waals surface area contributed by atoms with E-state index in [1.807, 2.05) is 74.5 Å². The predicted molar refractivity (Wildman–Crippen MR) is 141 cm³/mol. The molecule has 180 valence electrons. The summed E-state index contributed by atoms with van der Waals surface area (Å²) in [6, 6.07) is 22.1. The van der Waals surface area contributed by atoms with E-state index < -0.39 is 10.8 Å². The molecule has 2 unspecified atom stereocenters. The van der Waals surface area contributed by atoms with E-state index >= 15 is 0 Å². The van der Waals surface area contributed by atoms with Gasteiger partial charge in [-0.15, -0.1) is 0 Å². The number of halogens is 1. The maximum absolute atomic E-state index is 14.1. The number of nitrogens with zero attached hydrogens (tertiary/aromatic N) is 1. The zero-order chi connectivity index (χ0) is 24.8. The standard InChI is InChI=1S/C29H28FNO3S/c1-20(34-24-7-5-4-6-8-24)19-31-33-16-15-26-21(2)28(27-14-11-23(30)18-29(26)27)17-22-9-12-25(13-10-22)35(3)32/h4-14,17-20H,15-16H2,1-3H3/b28-17-,31-19?. The number of allylic oxidation sites excluding steroid dienone is 2. The van der Waals surface area contributed by atoms with E-state index in [4.69, 9.17) is 9.57 Å². The van der Waals surface area contributed by atoms with Gasteiger partial charge in [0, 0.05) is 28.4 Å². The highest BCUT2D eigenvalue weighted by molar-refractivity contribution is 7.84. The lowest BCUT2D eigenvalue weighted by Crippen LogP contribution is -2.13. The van der Waals surface area contributed by atoms with Gasteiger partial charge in [-0.05, 0) is 89.7 Å². The Bertz CT molecular complexity index is 1300. The fraction of sp³-hybridized carbons (Fsp3) is 0.207. The third-order valence-corrected chi connectivity index (χ3v) is 6.77. The molecule has 0 heterocycles. The minimum Gasteiger partial charge on any atom is -0.485 e. The van der Waals surface area contributed by atoms with Crippen LogP contribution in [0.2, 0.25) is 0 Å². The summed E-state index contributed by atoms with van der Waals surface area (Å²) in [5.74, 6) is 0.504. The molecule has 2 atom stereocenters. The average Bonchev–Trinajstić information content (AvgIpc) is 3.10. The largest absolute Gasteiger partial charge is 0.485 e. The van der Waals surface area contributed by atoms with Crippen LogP contribution in [0.4, 0.5) is 4.39 Å². The highest BCUT2D eigenvalue weighted by Gasteiger charge is 2.24. The second kappa shape index (κ2) is 11.3. The average molecular weight is 490 g/mol. The Labute approximate surface area is 208 Å². The smallest absolute Gasteiger partial charge is 0.134 e. The first-order chi connectivity index (χ1) is 16.9. The molecule has 0 N–H and O–H groups in total. The monoisotopic (exact) mass is 489 g/mol. The second-order valence-corrected chi connectivity index (χ2v) is 9.73. The van der Waals surface area contributed by atoms with Crippen molar-refractivity contribution < 1.29 is 18.2 Å². The van der Waals surface area contributed by atoms with Gasteiger partial charge >= 0.3 is 0 Å². The Morgan fingerprint density at radius 3 is 2.49 bits per heavy atom. The van der Waals surface area contributed by atoms with Crippen LogP contribution in [0.25, 0.3) is 17.2 Å². The molecule has 0 saturated carbocycles. The maximum atomic E-state index is 14.1. The summed E-state index contributed by atoms with van der Waals surface area (Å²) >= 11 is 0. The van der Waals surface area contributed by atoms with Gasteiger partial charge in [-0.2, -0.15) is 0 Å². The van der Waals surface area contributed by atoms with Crippen molar-refractivity contribution in [3.05, 3.63) is 101 Å². The van der Waals surface area contributed by atoms with Crippen LogP contribution in [-0.2, 0) is 15.6 Å². The Hall–Kier alpha value is -3.51. The summed E-state index contributed by atoms with van der Waals surface area (Å²) < 4.78 is 31.5. The normalized spacial score (nSPS) is 15.9. The summed E-state index contributed by atoms with van der Waals surface area (Å²) in [6.07, 6.45) is 5.74. The number of para-hydroxylation sites is 1. The molecule has 0 fully saturated rings. The van der Waals surface area contributed by atoms with Gasteiger partial charge in [0.15, 0.2) is 0 Å². The van der Waals surface area contributed by atoms with Crippen molar-refractivity contribution in [1.29, 1.82) is 0 Å². The highest BCUT2D eigenvalue weighted by atomic mass is 32.2. The van der Waals surface area contributed by atoms with Crippen molar-refractivity contribution in [2.75, 3.05) is 12.9 Å². The van der Waals surface area contributed by atoms with Crippen LogP contribution in [-0.4, -0.2) is 29.4 Å². The number of oxime groups is 1. The summed E-state index contributed by atoms with van der Waals surface area (Å²) in [5.41, 5.74) is 6.05. The molecule has 0 aromatic heterocycles. The van der Waals surface area contributed by atoms with Gasteiger partial charge in [0.05, 0.1) is 6.21 Å². The van der Waals surface area contributed by atoms with Gasteiger partial charge in [0.2, 0.25) is 0 Å².